The highest BCUT2D eigenvalue weighted by Gasteiger charge is 2.10. The molecule has 0 fully saturated rings. The predicted molar refractivity (Wildman–Crippen MR) is 85.9 cm³/mol. The van der Waals surface area contributed by atoms with E-state index < -0.39 is 11.6 Å². The van der Waals surface area contributed by atoms with Gasteiger partial charge in [0, 0.05) is 12.6 Å². The van der Waals surface area contributed by atoms with E-state index in [1.54, 1.807) is 6.92 Å². The van der Waals surface area contributed by atoms with E-state index in [1.807, 2.05) is 30.3 Å². The number of amides is 1. The Bertz CT molecular complexity index is 647. The zero-order chi connectivity index (χ0) is 16.7. The van der Waals surface area contributed by atoms with Gasteiger partial charge in [0.15, 0.2) is 11.6 Å². The number of halogens is 2. The molecule has 0 spiro atoms. The Morgan fingerprint density at radius 1 is 1.09 bits per heavy atom. The summed E-state index contributed by atoms with van der Waals surface area (Å²) in [5.41, 5.74) is 1.76. The minimum atomic E-state index is -0.886. The van der Waals surface area contributed by atoms with Crippen molar-refractivity contribution in [3.8, 4) is 0 Å². The van der Waals surface area contributed by atoms with Crippen LogP contribution in [0.5, 0.6) is 0 Å². The van der Waals surface area contributed by atoms with Gasteiger partial charge in [-0.2, -0.15) is 0 Å². The lowest BCUT2D eigenvalue weighted by molar-refractivity contribution is -0.120. The molecular formula is C18H20F2N2O. The lowest BCUT2D eigenvalue weighted by Gasteiger charge is -2.14. The summed E-state index contributed by atoms with van der Waals surface area (Å²) in [6.07, 6.45) is 0.769. The minimum Gasteiger partial charge on any atom is -0.355 e. The van der Waals surface area contributed by atoms with E-state index >= 15 is 0 Å². The molecule has 2 aromatic carbocycles. The van der Waals surface area contributed by atoms with Crippen LogP contribution in [-0.4, -0.2) is 19.0 Å². The summed E-state index contributed by atoms with van der Waals surface area (Å²) in [6.45, 7) is 2.48. The standard InChI is InChI=1S/C18H20F2N2O/c1-13(15-7-8-16(19)17(20)11-15)22-12-18(23)21-10-9-14-5-3-2-4-6-14/h2-8,11,13,22H,9-10,12H2,1H3,(H,21,23)/t13-/m0/s1. The van der Waals surface area contributed by atoms with Crippen molar-refractivity contribution >= 4 is 5.91 Å². The lowest BCUT2D eigenvalue weighted by Crippen LogP contribution is -2.36. The highest BCUT2D eigenvalue weighted by molar-refractivity contribution is 5.78. The Morgan fingerprint density at radius 2 is 1.83 bits per heavy atom. The molecule has 2 aromatic rings. The molecule has 5 heteroatoms. The maximum atomic E-state index is 13.2. The van der Waals surface area contributed by atoms with Crippen LogP contribution in [0.4, 0.5) is 8.78 Å². The van der Waals surface area contributed by atoms with Gasteiger partial charge in [0.2, 0.25) is 5.91 Å². The van der Waals surface area contributed by atoms with Crippen molar-refractivity contribution in [3.63, 3.8) is 0 Å². The molecular weight excluding hydrogens is 298 g/mol. The largest absolute Gasteiger partial charge is 0.355 e. The van der Waals surface area contributed by atoms with Crippen LogP contribution < -0.4 is 10.6 Å². The molecule has 0 aromatic heterocycles. The third kappa shape index (κ3) is 5.45. The topological polar surface area (TPSA) is 41.1 Å². The summed E-state index contributed by atoms with van der Waals surface area (Å²) in [5, 5.41) is 5.82. The summed E-state index contributed by atoms with van der Waals surface area (Å²) in [6, 6.07) is 13.4. The number of nitrogens with one attached hydrogen (secondary N) is 2. The van der Waals surface area contributed by atoms with E-state index in [0.717, 1.165) is 24.1 Å². The smallest absolute Gasteiger partial charge is 0.233 e. The molecule has 3 nitrogen and oxygen atoms in total. The van der Waals surface area contributed by atoms with E-state index in [4.69, 9.17) is 0 Å². The lowest BCUT2D eigenvalue weighted by atomic mass is 10.1. The second-order valence-corrected chi connectivity index (χ2v) is 5.36. The maximum Gasteiger partial charge on any atom is 0.233 e. The van der Waals surface area contributed by atoms with Gasteiger partial charge in [-0.15, -0.1) is 0 Å². The van der Waals surface area contributed by atoms with Crippen molar-refractivity contribution < 1.29 is 13.6 Å². The van der Waals surface area contributed by atoms with Crippen LogP contribution in [0.3, 0.4) is 0 Å². The molecule has 0 aliphatic carbocycles. The van der Waals surface area contributed by atoms with Gasteiger partial charge in [0.25, 0.3) is 0 Å². The van der Waals surface area contributed by atoms with Gasteiger partial charge in [0.1, 0.15) is 0 Å². The molecule has 0 radical (unpaired) electrons. The minimum absolute atomic E-state index is 0.120. The monoisotopic (exact) mass is 318 g/mol. The molecule has 0 aliphatic heterocycles. The van der Waals surface area contributed by atoms with Crippen molar-refractivity contribution in [2.75, 3.05) is 13.1 Å². The summed E-state index contributed by atoms with van der Waals surface area (Å²) in [7, 11) is 0. The van der Waals surface area contributed by atoms with Crippen molar-refractivity contribution in [2.24, 2.45) is 0 Å². The fourth-order valence-corrected chi connectivity index (χ4v) is 2.20. The summed E-state index contributed by atoms with van der Waals surface area (Å²) >= 11 is 0. The molecule has 0 heterocycles. The predicted octanol–water partition coefficient (Wildman–Crippen LogP) is 2.97. The fraction of sp³-hybridized carbons (Fsp3) is 0.278. The first-order valence-corrected chi connectivity index (χ1v) is 7.55. The zero-order valence-electron chi connectivity index (χ0n) is 13.0. The number of rotatable bonds is 7. The number of hydrogen-bond donors (Lipinski definition) is 2. The highest BCUT2D eigenvalue weighted by Crippen LogP contribution is 2.15. The Balaban J connectivity index is 1.72. The Kier molecular flexibility index (Phi) is 6.23. The van der Waals surface area contributed by atoms with E-state index in [0.29, 0.717) is 12.1 Å². The normalized spacial score (nSPS) is 12.0. The molecule has 0 bridgehead atoms. The van der Waals surface area contributed by atoms with E-state index in [9.17, 15) is 13.6 Å². The highest BCUT2D eigenvalue weighted by atomic mass is 19.2. The van der Waals surface area contributed by atoms with Crippen LogP contribution in [-0.2, 0) is 11.2 Å². The van der Waals surface area contributed by atoms with Crippen molar-refractivity contribution in [3.05, 3.63) is 71.3 Å². The summed E-state index contributed by atoms with van der Waals surface area (Å²) in [5.74, 6) is -1.89. The molecule has 0 aliphatic rings. The first kappa shape index (κ1) is 17.1. The quantitative estimate of drug-likeness (QED) is 0.824. The Hall–Kier alpha value is -2.27. The molecule has 23 heavy (non-hydrogen) atoms. The van der Waals surface area contributed by atoms with Gasteiger partial charge in [-0.1, -0.05) is 36.4 Å². The third-order valence-electron chi connectivity index (χ3n) is 3.59. The second-order valence-electron chi connectivity index (χ2n) is 5.36. The molecule has 2 N–H and O–H groups in total. The van der Waals surface area contributed by atoms with Crippen LogP contribution in [0.25, 0.3) is 0 Å². The Labute approximate surface area is 134 Å². The summed E-state index contributed by atoms with van der Waals surface area (Å²) in [4.78, 5) is 11.8. The molecule has 0 saturated heterocycles. The third-order valence-corrected chi connectivity index (χ3v) is 3.59. The molecule has 0 saturated carbocycles. The van der Waals surface area contributed by atoms with Gasteiger partial charge in [0.05, 0.1) is 6.54 Å². The second kappa shape index (κ2) is 8.39. The van der Waals surface area contributed by atoms with Gasteiger partial charge in [-0.3, -0.25) is 4.79 Å². The van der Waals surface area contributed by atoms with Crippen molar-refractivity contribution in [2.45, 2.75) is 19.4 Å². The maximum absolute atomic E-state index is 13.2. The summed E-state index contributed by atoms with van der Waals surface area (Å²) < 4.78 is 26.1. The first-order valence-electron chi connectivity index (χ1n) is 7.55. The zero-order valence-corrected chi connectivity index (χ0v) is 13.0. The van der Waals surface area contributed by atoms with Crippen LogP contribution >= 0.6 is 0 Å². The number of hydrogen-bond acceptors (Lipinski definition) is 2. The van der Waals surface area contributed by atoms with E-state index in [-0.39, 0.29) is 18.5 Å². The van der Waals surface area contributed by atoms with E-state index in [1.165, 1.54) is 6.07 Å². The average molecular weight is 318 g/mol. The number of carbonyl (C=O) groups is 1. The molecule has 2 rings (SSSR count). The van der Waals surface area contributed by atoms with Crippen LogP contribution in [0.1, 0.15) is 24.1 Å². The van der Waals surface area contributed by atoms with Gasteiger partial charge >= 0.3 is 0 Å². The SMILES string of the molecule is C[C@H](NCC(=O)NCCc1ccccc1)c1ccc(F)c(F)c1. The van der Waals surface area contributed by atoms with Crippen LogP contribution in [0.2, 0.25) is 0 Å². The van der Waals surface area contributed by atoms with Crippen LogP contribution in [0.15, 0.2) is 48.5 Å². The molecule has 1 amide bonds. The van der Waals surface area contributed by atoms with Crippen molar-refractivity contribution in [1.82, 2.24) is 10.6 Å². The number of carbonyl (C=O) groups excluding carboxylic acids is 1. The Morgan fingerprint density at radius 3 is 2.52 bits per heavy atom. The van der Waals surface area contributed by atoms with Crippen LogP contribution in [0, 0.1) is 11.6 Å². The molecule has 122 valence electrons. The van der Waals surface area contributed by atoms with Gasteiger partial charge in [-0.25, -0.2) is 8.78 Å². The first-order chi connectivity index (χ1) is 11.1. The van der Waals surface area contributed by atoms with Gasteiger partial charge < -0.3 is 10.6 Å². The fourth-order valence-electron chi connectivity index (χ4n) is 2.20. The number of benzene rings is 2. The van der Waals surface area contributed by atoms with E-state index in [2.05, 4.69) is 10.6 Å². The van der Waals surface area contributed by atoms with Gasteiger partial charge in [-0.05, 0) is 36.6 Å². The molecule has 1 atom stereocenters. The van der Waals surface area contributed by atoms with Crippen molar-refractivity contribution in [1.29, 1.82) is 0 Å². The molecule has 0 unspecified atom stereocenters. The average Bonchev–Trinajstić information content (AvgIpc) is 2.56.